The lowest BCUT2D eigenvalue weighted by Crippen LogP contribution is -2.11. The number of nitrogens with zero attached hydrogens (tertiary/aromatic N) is 2. The lowest BCUT2D eigenvalue weighted by molar-refractivity contribution is 0.581. The fraction of sp³-hybridized carbons (Fsp3) is 0.111. The van der Waals surface area contributed by atoms with Crippen molar-refractivity contribution in [1.82, 2.24) is 4.98 Å². The second-order valence-corrected chi connectivity index (χ2v) is 5.32. The highest BCUT2D eigenvalue weighted by molar-refractivity contribution is 5.84. The quantitative estimate of drug-likeness (QED) is 0.742. The number of nitrogens with two attached hydrogens (primary N) is 1. The lowest BCUT2D eigenvalue weighted by Gasteiger charge is -2.22. The van der Waals surface area contributed by atoms with E-state index in [2.05, 4.69) is 23.2 Å². The first kappa shape index (κ1) is 12.7. The summed E-state index contributed by atoms with van der Waals surface area (Å²) in [5.74, 6) is 0.922. The zero-order valence-corrected chi connectivity index (χ0v) is 11.8. The predicted molar refractivity (Wildman–Crippen MR) is 83.9 cm³/mol. The molecule has 0 saturated carbocycles. The van der Waals surface area contributed by atoms with Crippen molar-refractivity contribution in [2.24, 2.45) is 0 Å². The number of nitrogen functional groups attached to an aromatic ring is 1. The van der Waals surface area contributed by atoms with Crippen LogP contribution in [0.15, 0.2) is 47.1 Å². The Morgan fingerprint density at radius 1 is 1.14 bits per heavy atom. The first-order valence-corrected chi connectivity index (χ1v) is 7.14. The summed E-state index contributed by atoms with van der Waals surface area (Å²) in [7, 11) is 0. The standard InChI is InChI=1S/C18H13N3O/c19-10-14-16(15-6-3-9-22-15)13-8-7-11-4-1-2-5-12(11)17(13)21-18(14)20/h1-6,9H,7-8H2,(H2,20,21). The molecule has 0 atom stereocenters. The number of aromatic nitrogens is 1. The second-order valence-electron chi connectivity index (χ2n) is 5.32. The van der Waals surface area contributed by atoms with Crippen LogP contribution in [0.1, 0.15) is 16.7 Å². The lowest BCUT2D eigenvalue weighted by atomic mass is 9.84. The van der Waals surface area contributed by atoms with Gasteiger partial charge in [0.1, 0.15) is 23.2 Å². The summed E-state index contributed by atoms with van der Waals surface area (Å²) < 4.78 is 5.54. The Balaban J connectivity index is 2.09. The van der Waals surface area contributed by atoms with Crippen molar-refractivity contribution in [2.75, 3.05) is 5.73 Å². The predicted octanol–water partition coefficient (Wildman–Crippen LogP) is 3.56. The number of furan rings is 1. The van der Waals surface area contributed by atoms with Crippen molar-refractivity contribution in [3.63, 3.8) is 0 Å². The van der Waals surface area contributed by atoms with E-state index in [9.17, 15) is 5.26 Å². The largest absolute Gasteiger partial charge is 0.464 e. The molecule has 106 valence electrons. The molecule has 0 bridgehead atoms. The van der Waals surface area contributed by atoms with E-state index in [1.165, 1.54) is 5.56 Å². The highest BCUT2D eigenvalue weighted by atomic mass is 16.3. The van der Waals surface area contributed by atoms with E-state index >= 15 is 0 Å². The van der Waals surface area contributed by atoms with Crippen LogP contribution in [0.5, 0.6) is 0 Å². The number of aryl methyl sites for hydroxylation is 1. The Hall–Kier alpha value is -3.06. The molecule has 22 heavy (non-hydrogen) atoms. The first-order valence-electron chi connectivity index (χ1n) is 7.14. The minimum Gasteiger partial charge on any atom is -0.464 e. The molecule has 0 unspecified atom stereocenters. The SMILES string of the molecule is N#Cc1c(N)nc2c(c1-c1ccco1)CCc1ccccc1-2. The summed E-state index contributed by atoms with van der Waals surface area (Å²) in [6.07, 6.45) is 3.36. The van der Waals surface area contributed by atoms with Gasteiger partial charge >= 0.3 is 0 Å². The molecule has 0 spiro atoms. The minimum atomic E-state index is 0.254. The third kappa shape index (κ3) is 1.73. The fourth-order valence-corrected chi connectivity index (χ4v) is 3.14. The maximum atomic E-state index is 9.48. The van der Waals surface area contributed by atoms with Gasteiger partial charge in [-0.3, -0.25) is 0 Å². The van der Waals surface area contributed by atoms with Crippen molar-refractivity contribution in [1.29, 1.82) is 5.26 Å². The van der Waals surface area contributed by atoms with Gasteiger partial charge in [-0.05, 0) is 36.1 Å². The molecule has 4 rings (SSSR count). The molecule has 0 saturated heterocycles. The molecule has 0 radical (unpaired) electrons. The number of anilines is 1. The number of nitriles is 1. The third-order valence-electron chi connectivity index (χ3n) is 4.12. The smallest absolute Gasteiger partial charge is 0.142 e. The molecule has 3 aromatic rings. The average Bonchev–Trinajstić information content (AvgIpc) is 3.07. The molecule has 4 heteroatoms. The number of hydrogen-bond acceptors (Lipinski definition) is 4. The molecule has 0 amide bonds. The van der Waals surface area contributed by atoms with Crippen LogP contribution < -0.4 is 5.73 Å². The number of hydrogen-bond donors (Lipinski definition) is 1. The molecule has 2 aromatic heterocycles. The Bertz CT molecular complexity index is 905. The highest BCUT2D eigenvalue weighted by Gasteiger charge is 2.26. The molecule has 1 aliphatic rings. The molecular weight excluding hydrogens is 274 g/mol. The molecular formula is C18H13N3O. The van der Waals surface area contributed by atoms with Crippen LogP contribution in [-0.4, -0.2) is 4.98 Å². The van der Waals surface area contributed by atoms with E-state index in [-0.39, 0.29) is 5.82 Å². The summed E-state index contributed by atoms with van der Waals surface area (Å²) in [6.45, 7) is 0. The van der Waals surface area contributed by atoms with Gasteiger partial charge in [-0.25, -0.2) is 4.98 Å². The van der Waals surface area contributed by atoms with Crippen molar-refractivity contribution >= 4 is 5.82 Å². The monoisotopic (exact) mass is 287 g/mol. The van der Waals surface area contributed by atoms with Gasteiger partial charge in [0.15, 0.2) is 0 Å². The van der Waals surface area contributed by atoms with Gasteiger partial charge in [0.25, 0.3) is 0 Å². The Morgan fingerprint density at radius 2 is 2.00 bits per heavy atom. The molecule has 1 aromatic carbocycles. The maximum Gasteiger partial charge on any atom is 0.142 e. The van der Waals surface area contributed by atoms with Crippen molar-refractivity contribution in [3.8, 4) is 28.7 Å². The molecule has 0 fully saturated rings. The van der Waals surface area contributed by atoms with Crippen molar-refractivity contribution in [2.45, 2.75) is 12.8 Å². The van der Waals surface area contributed by atoms with E-state index in [0.29, 0.717) is 11.3 Å². The van der Waals surface area contributed by atoms with E-state index in [0.717, 1.165) is 35.2 Å². The summed E-state index contributed by atoms with van der Waals surface area (Å²) >= 11 is 0. The normalized spacial score (nSPS) is 12.3. The summed E-state index contributed by atoms with van der Waals surface area (Å²) in [5.41, 5.74) is 11.5. The van der Waals surface area contributed by atoms with Crippen LogP contribution in [-0.2, 0) is 12.8 Å². The fourth-order valence-electron chi connectivity index (χ4n) is 3.14. The average molecular weight is 287 g/mol. The van der Waals surface area contributed by atoms with Gasteiger partial charge in [-0.1, -0.05) is 24.3 Å². The molecule has 2 heterocycles. The highest BCUT2D eigenvalue weighted by Crippen LogP contribution is 2.40. The van der Waals surface area contributed by atoms with Crippen LogP contribution in [0.4, 0.5) is 5.82 Å². The van der Waals surface area contributed by atoms with Gasteiger partial charge in [0.2, 0.25) is 0 Å². The Labute approximate surface area is 127 Å². The van der Waals surface area contributed by atoms with E-state index < -0.39 is 0 Å². The number of rotatable bonds is 1. The topological polar surface area (TPSA) is 75.8 Å². The molecule has 2 N–H and O–H groups in total. The molecule has 1 aliphatic carbocycles. The first-order chi connectivity index (χ1) is 10.8. The Morgan fingerprint density at radius 3 is 2.77 bits per heavy atom. The van der Waals surface area contributed by atoms with Crippen LogP contribution in [0.25, 0.3) is 22.6 Å². The summed E-state index contributed by atoms with van der Waals surface area (Å²) in [4.78, 5) is 4.51. The summed E-state index contributed by atoms with van der Waals surface area (Å²) in [6, 6.07) is 14.0. The number of benzene rings is 1. The number of fused-ring (bicyclic) bond motifs is 3. The van der Waals surface area contributed by atoms with Gasteiger partial charge in [0, 0.05) is 11.1 Å². The maximum absolute atomic E-state index is 9.48. The zero-order chi connectivity index (χ0) is 15.1. The van der Waals surface area contributed by atoms with Crippen molar-refractivity contribution < 1.29 is 4.42 Å². The van der Waals surface area contributed by atoms with Gasteiger partial charge in [0.05, 0.1) is 12.0 Å². The third-order valence-corrected chi connectivity index (χ3v) is 4.12. The zero-order valence-electron chi connectivity index (χ0n) is 11.8. The summed E-state index contributed by atoms with van der Waals surface area (Å²) in [5, 5.41) is 9.48. The van der Waals surface area contributed by atoms with E-state index in [4.69, 9.17) is 10.2 Å². The minimum absolute atomic E-state index is 0.254. The van der Waals surface area contributed by atoms with E-state index in [1.54, 1.807) is 6.26 Å². The van der Waals surface area contributed by atoms with Crippen molar-refractivity contribution in [3.05, 3.63) is 59.4 Å². The van der Waals surface area contributed by atoms with Crippen LogP contribution in [0, 0.1) is 11.3 Å². The molecule has 0 aliphatic heterocycles. The van der Waals surface area contributed by atoms with Crippen LogP contribution in [0.2, 0.25) is 0 Å². The van der Waals surface area contributed by atoms with Crippen LogP contribution in [0.3, 0.4) is 0 Å². The second kappa shape index (κ2) is 4.74. The molecule has 4 nitrogen and oxygen atoms in total. The van der Waals surface area contributed by atoms with Crippen LogP contribution >= 0.6 is 0 Å². The van der Waals surface area contributed by atoms with Gasteiger partial charge in [-0.2, -0.15) is 5.26 Å². The van der Waals surface area contributed by atoms with Gasteiger partial charge < -0.3 is 10.2 Å². The Kier molecular flexibility index (Phi) is 2.73. The van der Waals surface area contributed by atoms with E-state index in [1.807, 2.05) is 24.3 Å². The van der Waals surface area contributed by atoms with Gasteiger partial charge in [-0.15, -0.1) is 0 Å². The number of pyridine rings is 1.